The third-order valence-corrected chi connectivity index (χ3v) is 5.04. The van der Waals surface area contributed by atoms with Crippen LogP contribution in [0, 0.1) is 0 Å². The van der Waals surface area contributed by atoms with Gasteiger partial charge in [-0.3, -0.25) is 4.79 Å². The highest BCUT2D eigenvalue weighted by molar-refractivity contribution is 7.99. The summed E-state index contributed by atoms with van der Waals surface area (Å²) < 4.78 is 0. The van der Waals surface area contributed by atoms with E-state index in [1.807, 2.05) is 11.8 Å². The molecule has 1 aliphatic rings. The second-order valence-corrected chi connectivity index (χ2v) is 6.36. The number of rotatable bonds is 3. The van der Waals surface area contributed by atoms with E-state index in [0.717, 1.165) is 6.42 Å². The van der Waals surface area contributed by atoms with Crippen molar-refractivity contribution in [2.75, 3.05) is 12.0 Å². The molecule has 1 amide bonds. The lowest BCUT2D eigenvalue weighted by atomic mass is 9.94. The number of carbonyl (C=O) groups is 1. The van der Waals surface area contributed by atoms with Crippen molar-refractivity contribution in [1.82, 2.24) is 5.32 Å². The van der Waals surface area contributed by atoms with E-state index in [-0.39, 0.29) is 11.9 Å². The Morgan fingerprint density at radius 2 is 2.16 bits per heavy atom. The summed E-state index contributed by atoms with van der Waals surface area (Å²) in [6.45, 7) is 0. The molecule has 1 aliphatic carbocycles. The minimum atomic E-state index is -0.101. The number of carbonyl (C=O) groups excluding carboxylic acids is 1. The summed E-state index contributed by atoms with van der Waals surface area (Å²) in [5.41, 5.74) is 6.71. The van der Waals surface area contributed by atoms with E-state index in [4.69, 9.17) is 17.3 Å². The number of thioether (sulfide) groups is 1. The van der Waals surface area contributed by atoms with Crippen molar-refractivity contribution in [3.05, 3.63) is 28.8 Å². The molecule has 3 N–H and O–H groups in total. The van der Waals surface area contributed by atoms with Crippen molar-refractivity contribution in [1.29, 1.82) is 0 Å². The van der Waals surface area contributed by atoms with Gasteiger partial charge in [0.2, 0.25) is 0 Å². The average molecular weight is 299 g/mol. The van der Waals surface area contributed by atoms with E-state index in [9.17, 15) is 4.79 Å². The summed E-state index contributed by atoms with van der Waals surface area (Å²) in [4.78, 5) is 12.3. The monoisotopic (exact) mass is 298 g/mol. The summed E-state index contributed by atoms with van der Waals surface area (Å²) in [7, 11) is 0. The van der Waals surface area contributed by atoms with Gasteiger partial charge in [-0.15, -0.1) is 0 Å². The molecule has 1 aromatic carbocycles. The SMILES string of the molecule is CSC1CCCCC1NC(=O)c1ccc(N)cc1Cl. The molecule has 2 unspecified atom stereocenters. The highest BCUT2D eigenvalue weighted by atomic mass is 35.5. The standard InChI is InChI=1S/C14H19ClN2OS/c1-19-13-5-3-2-4-12(13)17-14(18)10-7-6-9(16)8-11(10)15/h6-8,12-13H,2-5,16H2,1H3,(H,17,18). The lowest BCUT2D eigenvalue weighted by molar-refractivity contribution is 0.0929. The van der Waals surface area contributed by atoms with Gasteiger partial charge in [0.15, 0.2) is 0 Å². The molecule has 1 aromatic rings. The Morgan fingerprint density at radius 3 is 2.84 bits per heavy atom. The van der Waals surface area contributed by atoms with Crippen LogP contribution in [0.15, 0.2) is 18.2 Å². The van der Waals surface area contributed by atoms with Crippen LogP contribution in [0.25, 0.3) is 0 Å². The van der Waals surface area contributed by atoms with Gasteiger partial charge in [-0.1, -0.05) is 24.4 Å². The lowest BCUT2D eigenvalue weighted by Gasteiger charge is -2.31. The second-order valence-electron chi connectivity index (χ2n) is 4.88. The van der Waals surface area contributed by atoms with E-state index in [0.29, 0.717) is 21.5 Å². The van der Waals surface area contributed by atoms with E-state index in [1.165, 1.54) is 19.3 Å². The molecule has 0 saturated heterocycles. The van der Waals surface area contributed by atoms with Crippen LogP contribution in [0.5, 0.6) is 0 Å². The topological polar surface area (TPSA) is 55.1 Å². The molecule has 3 nitrogen and oxygen atoms in total. The van der Waals surface area contributed by atoms with Crippen LogP contribution >= 0.6 is 23.4 Å². The fraction of sp³-hybridized carbons (Fsp3) is 0.500. The first-order valence-corrected chi connectivity index (χ1v) is 8.17. The minimum absolute atomic E-state index is 0.101. The van der Waals surface area contributed by atoms with Crippen molar-refractivity contribution < 1.29 is 4.79 Å². The highest BCUT2D eigenvalue weighted by Crippen LogP contribution is 2.28. The van der Waals surface area contributed by atoms with Crippen LogP contribution in [0.2, 0.25) is 5.02 Å². The first-order valence-electron chi connectivity index (χ1n) is 6.50. The predicted octanol–water partition coefficient (Wildman–Crippen LogP) is 3.33. The third-order valence-electron chi connectivity index (χ3n) is 3.56. The number of benzene rings is 1. The zero-order chi connectivity index (χ0) is 13.8. The fourth-order valence-electron chi connectivity index (χ4n) is 2.51. The normalized spacial score (nSPS) is 23.1. The number of nitrogens with two attached hydrogens (primary N) is 1. The van der Waals surface area contributed by atoms with Crippen LogP contribution in [-0.4, -0.2) is 23.5 Å². The van der Waals surface area contributed by atoms with Gasteiger partial charge < -0.3 is 11.1 Å². The van der Waals surface area contributed by atoms with E-state index >= 15 is 0 Å². The van der Waals surface area contributed by atoms with Crippen LogP contribution in [-0.2, 0) is 0 Å². The Kier molecular flexibility index (Phi) is 4.99. The molecule has 0 radical (unpaired) electrons. The van der Waals surface area contributed by atoms with Crippen LogP contribution < -0.4 is 11.1 Å². The number of hydrogen-bond donors (Lipinski definition) is 2. The average Bonchev–Trinajstić information content (AvgIpc) is 2.39. The molecular formula is C14H19ClN2OS. The number of hydrogen-bond acceptors (Lipinski definition) is 3. The Balaban J connectivity index is 2.07. The Labute approximate surface area is 123 Å². The fourth-order valence-corrected chi connectivity index (χ4v) is 3.72. The molecule has 104 valence electrons. The van der Waals surface area contributed by atoms with Gasteiger partial charge in [0.05, 0.1) is 10.6 Å². The molecule has 1 fully saturated rings. The molecule has 0 heterocycles. The van der Waals surface area contributed by atoms with Crippen molar-refractivity contribution >= 4 is 35.0 Å². The molecule has 2 atom stereocenters. The van der Waals surface area contributed by atoms with Gasteiger partial charge in [0.25, 0.3) is 5.91 Å². The van der Waals surface area contributed by atoms with E-state index in [2.05, 4.69) is 11.6 Å². The van der Waals surface area contributed by atoms with Gasteiger partial charge in [0.1, 0.15) is 0 Å². The zero-order valence-corrected chi connectivity index (χ0v) is 12.6. The molecule has 0 bridgehead atoms. The quantitative estimate of drug-likeness (QED) is 0.842. The summed E-state index contributed by atoms with van der Waals surface area (Å²) in [5, 5.41) is 4.03. The van der Waals surface area contributed by atoms with Crippen molar-refractivity contribution in [2.45, 2.75) is 37.0 Å². The summed E-state index contributed by atoms with van der Waals surface area (Å²) in [6, 6.07) is 5.24. The van der Waals surface area contributed by atoms with E-state index in [1.54, 1.807) is 18.2 Å². The van der Waals surface area contributed by atoms with E-state index < -0.39 is 0 Å². The Morgan fingerprint density at radius 1 is 1.42 bits per heavy atom. The Bertz CT molecular complexity index is 467. The first kappa shape index (κ1) is 14.5. The van der Waals surface area contributed by atoms with Gasteiger partial charge >= 0.3 is 0 Å². The molecule has 0 aromatic heterocycles. The van der Waals surface area contributed by atoms with Crippen molar-refractivity contribution in [3.63, 3.8) is 0 Å². The van der Waals surface area contributed by atoms with Gasteiger partial charge in [-0.2, -0.15) is 11.8 Å². The number of nitrogens with one attached hydrogen (secondary N) is 1. The lowest BCUT2D eigenvalue weighted by Crippen LogP contribution is -2.43. The molecule has 2 rings (SSSR count). The van der Waals surface area contributed by atoms with Crippen LogP contribution in [0.4, 0.5) is 5.69 Å². The maximum Gasteiger partial charge on any atom is 0.253 e. The third kappa shape index (κ3) is 3.57. The smallest absolute Gasteiger partial charge is 0.253 e. The van der Waals surface area contributed by atoms with Gasteiger partial charge in [0, 0.05) is 17.0 Å². The van der Waals surface area contributed by atoms with Crippen molar-refractivity contribution in [3.8, 4) is 0 Å². The van der Waals surface area contributed by atoms with Crippen molar-refractivity contribution in [2.24, 2.45) is 0 Å². The molecule has 0 aliphatic heterocycles. The maximum atomic E-state index is 12.3. The Hall–Kier alpha value is -0.870. The molecule has 5 heteroatoms. The number of halogens is 1. The summed E-state index contributed by atoms with van der Waals surface area (Å²) in [5.74, 6) is -0.101. The number of amides is 1. The minimum Gasteiger partial charge on any atom is -0.399 e. The van der Waals surface area contributed by atoms with Crippen LogP contribution in [0.3, 0.4) is 0 Å². The predicted molar refractivity (Wildman–Crippen MR) is 82.9 cm³/mol. The summed E-state index contributed by atoms with van der Waals surface area (Å²) >= 11 is 7.90. The van der Waals surface area contributed by atoms with Gasteiger partial charge in [-0.05, 0) is 37.3 Å². The maximum absolute atomic E-state index is 12.3. The molecule has 19 heavy (non-hydrogen) atoms. The highest BCUT2D eigenvalue weighted by Gasteiger charge is 2.26. The largest absolute Gasteiger partial charge is 0.399 e. The molecular weight excluding hydrogens is 280 g/mol. The second kappa shape index (κ2) is 6.53. The van der Waals surface area contributed by atoms with Crippen LogP contribution in [0.1, 0.15) is 36.0 Å². The number of anilines is 1. The molecule has 1 saturated carbocycles. The number of nitrogen functional groups attached to an aromatic ring is 1. The molecule has 0 spiro atoms. The summed E-state index contributed by atoms with van der Waals surface area (Å²) in [6.07, 6.45) is 6.74. The first-order chi connectivity index (χ1) is 9.11. The van der Waals surface area contributed by atoms with Gasteiger partial charge in [-0.25, -0.2) is 0 Å². The zero-order valence-electron chi connectivity index (χ0n) is 11.0.